The summed E-state index contributed by atoms with van der Waals surface area (Å²) in [6.45, 7) is 5.22. The Bertz CT molecular complexity index is 724. The number of hydrogen-bond donors (Lipinski definition) is 2. The number of amides is 1. The molecule has 0 aliphatic rings. The molecule has 0 atom stereocenters. The lowest BCUT2D eigenvalue weighted by Crippen LogP contribution is -2.27. The van der Waals surface area contributed by atoms with Gasteiger partial charge in [-0.25, -0.2) is 14.4 Å². The van der Waals surface area contributed by atoms with Crippen molar-refractivity contribution in [2.24, 2.45) is 0 Å². The van der Waals surface area contributed by atoms with Crippen molar-refractivity contribution < 1.29 is 28.6 Å². The summed E-state index contributed by atoms with van der Waals surface area (Å²) in [5.41, 5.74) is -0.0665. The molecule has 0 heterocycles. The maximum absolute atomic E-state index is 11.8. The van der Waals surface area contributed by atoms with Crippen LogP contribution < -0.4 is 10.6 Å². The molecule has 0 aromatic heterocycles. The van der Waals surface area contributed by atoms with Crippen LogP contribution in [0.3, 0.4) is 0 Å². The van der Waals surface area contributed by atoms with E-state index in [0.717, 1.165) is 6.08 Å². The second-order valence-corrected chi connectivity index (χ2v) is 6.43. The number of benzene rings is 1. The third-order valence-electron chi connectivity index (χ3n) is 2.75. The molecule has 0 spiro atoms. The zero-order valence-corrected chi connectivity index (χ0v) is 15.9. The second kappa shape index (κ2) is 9.10. The number of carbonyl (C=O) groups excluding carboxylic acids is 3. The molecule has 26 heavy (non-hydrogen) atoms. The summed E-state index contributed by atoms with van der Waals surface area (Å²) in [5, 5.41) is 5.43. The smallest absolute Gasteiger partial charge is 0.412 e. The van der Waals surface area contributed by atoms with Gasteiger partial charge < -0.3 is 19.5 Å². The van der Waals surface area contributed by atoms with Gasteiger partial charge in [0.2, 0.25) is 0 Å². The second-order valence-electron chi connectivity index (χ2n) is 6.02. The molecule has 0 fully saturated rings. The lowest BCUT2D eigenvalue weighted by molar-refractivity contribution is -0.138. The van der Waals surface area contributed by atoms with E-state index in [1.165, 1.54) is 26.4 Å². The average molecular weight is 385 g/mol. The van der Waals surface area contributed by atoms with Crippen molar-refractivity contribution in [2.75, 3.05) is 24.9 Å². The number of carbonyl (C=O) groups is 3. The summed E-state index contributed by atoms with van der Waals surface area (Å²) >= 11 is 6.14. The molecule has 1 rings (SSSR count). The number of anilines is 2. The van der Waals surface area contributed by atoms with E-state index in [1.54, 1.807) is 26.8 Å². The molecule has 8 nitrogen and oxygen atoms in total. The molecule has 0 saturated heterocycles. The molecule has 1 aromatic rings. The Kier molecular flexibility index (Phi) is 7.45. The van der Waals surface area contributed by atoms with Crippen molar-refractivity contribution in [3.63, 3.8) is 0 Å². The zero-order chi connectivity index (χ0) is 19.9. The van der Waals surface area contributed by atoms with Gasteiger partial charge in [0.1, 0.15) is 11.3 Å². The van der Waals surface area contributed by atoms with Gasteiger partial charge >= 0.3 is 18.0 Å². The number of esters is 2. The van der Waals surface area contributed by atoms with Gasteiger partial charge in [-0.1, -0.05) is 11.6 Å². The van der Waals surface area contributed by atoms with Gasteiger partial charge in [0.25, 0.3) is 0 Å². The number of rotatable bonds is 5. The highest BCUT2D eigenvalue weighted by Crippen LogP contribution is 2.27. The van der Waals surface area contributed by atoms with E-state index in [2.05, 4.69) is 20.1 Å². The Morgan fingerprint density at radius 2 is 1.73 bits per heavy atom. The van der Waals surface area contributed by atoms with Crippen molar-refractivity contribution in [1.82, 2.24) is 0 Å². The Morgan fingerprint density at radius 3 is 2.23 bits per heavy atom. The number of hydrogen-bond acceptors (Lipinski definition) is 7. The van der Waals surface area contributed by atoms with Crippen LogP contribution in [0.1, 0.15) is 20.8 Å². The first-order chi connectivity index (χ1) is 12.1. The maximum atomic E-state index is 11.8. The molecule has 1 aromatic carbocycles. The van der Waals surface area contributed by atoms with Crippen LogP contribution in [0.25, 0.3) is 0 Å². The number of nitrogens with one attached hydrogen (secondary N) is 2. The van der Waals surface area contributed by atoms with E-state index in [1.807, 2.05) is 0 Å². The van der Waals surface area contributed by atoms with E-state index in [-0.39, 0.29) is 10.7 Å². The van der Waals surface area contributed by atoms with Crippen LogP contribution in [0, 0.1) is 0 Å². The lowest BCUT2D eigenvalue weighted by atomic mass is 10.2. The van der Waals surface area contributed by atoms with Crippen molar-refractivity contribution in [2.45, 2.75) is 26.4 Å². The minimum atomic E-state index is -0.762. The number of methoxy groups -OCH3 is 2. The van der Waals surface area contributed by atoms with Crippen LogP contribution in [-0.4, -0.2) is 37.9 Å². The monoisotopic (exact) mass is 384 g/mol. The largest absolute Gasteiger partial charge is 0.466 e. The molecule has 0 radical (unpaired) electrons. The fraction of sp³-hybridized carbons (Fsp3) is 0.353. The summed E-state index contributed by atoms with van der Waals surface area (Å²) in [5.74, 6) is -1.49. The molecule has 0 aliphatic carbocycles. The topological polar surface area (TPSA) is 103 Å². The van der Waals surface area contributed by atoms with Gasteiger partial charge in [-0.05, 0) is 39.0 Å². The standard InChI is InChI=1S/C17H21ClN2O6/c1-17(2,3)26-16(23)20-12-7-6-10(8-11(12)18)19-13(15(22)25-5)9-14(21)24-4/h6-9,19H,1-5H3,(H,20,23)/b13-9+. The highest BCUT2D eigenvalue weighted by atomic mass is 35.5. The fourth-order valence-corrected chi connectivity index (χ4v) is 1.92. The third kappa shape index (κ3) is 7.02. The van der Waals surface area contributed by atoms with Crippen molar-refractivity contribution in [3.05, 3.63) is 35.0 Å². The first kappa shape index (κ1) is 21.3. The summed E-state index contributed by atoms with van der Waals surface area (Å²) in [4.78, 5) is 34.9. The highest BCUT2D eigenvalue weighted by molar-refractivity contribution is 6.34. The van der Waals surface area contributed by atoms with Crippen LogP contribution in [0.4, 0.5) is 16.2 Å². The third-order valence-corrected chi connectivity index (χ3v) is 3.07. The molecular weight excluding hydrogens is 364 g/mol. The first-order valence-corrected chi connectivity index (χ1v) is 7.88. The van der Waals surface area contributed by atoms with Crippen LogP contribution in [0.2, 0.25) is 5.02 Å². The average Bonchev–Trinajstić information content (AvgIpc) is 2.54. The van der Waals surface area contributed by atoms with Crippen LogP contribution >= 0.6 is 11.6 Å². The quantitative estimate of drug-likeness (QED) is 0.456. The van der Waals surface area contributed by atoms with Crippen LogP contribution in [0.15, 0.2) is 30.0 Å². The lowest BCUT2D eigenvalue weighted by Gasteiger charge is -2.20. The summed E-state index contributed by atoms with van der Waals surface area (Å²) in [7, 11) is 2.36. The Balaban J connectivity index is 2.94. The first-order valence-electron chi connectivity index (χ1n) is 7.50. The van der Waals surface area contributed by atoms with Gasteiger partial charge in [-0.2, -0.15) is 0 Å². The Labute approximate surface area is 156 Å². The highest BCUT2D eigenvalue weighted by Gasteiger charge is 2.18. The van der Waals surface area contributed by atoms with Crippen molar-refractivity contribution in [3.8, 4) is 0 Å². The predicted molar refractivity (Wildman–Crippen MR) is 97.0 cm³/mol. The van der Waals surface area contributed by atoms with Gasteiger partial charge in [0.05, 0.1) is 31.0 Å². The molecular formula is C17H21ClN2O6. The Hall–Kier alpha value is -2.74. The SMILES string of the molecule is COC(=O)/C=C(/Nc1ccc(NC(=O)OC(C)(C)C)c(Cl)c1)C(=O)OC. The summed E-state index contributed by atoms with van der Waals surface area (Å²) in [6.07, 6.45) is 0.299. The fourth-order valence-electron chi connectivity index (χ4n) is 1.70. The molecule has 142 valence electrons. The minimum Gasteiger partial charge on any atom is -0.466 e. The summed E-state index contributed by atoms with van der Waals surface area (Å²) < 4.78 is 14.2. The van der Waals surface area contributed by atoms with Gasteiger partial charge in [0, 0.05) is 5.69 Å². The van der Waals surface area contributed by atoms with E-state index in [9.17, 15) is 14.4 Å². The molecule has 2 N–H and O–H groups in total. The minimum absolute atomic E-state index is 0.136. The van der Waals surface area contributed by atoms with Crippen LogP contribution in [-0.2, 0) is 23.8 Å². The maximum Gasteiger partial charge on any atom is 0.412 e. The predicted octanol–water partition coefficient (Wildman–Crippen LogP) is 3.33. The molecule has 0 aliphatic heterocycles. The molecule has 0 bridgehead atoms. The number of ether oxygens (including phenoxy) is 3. The van der Waals surface area contributed by atoms with Crippen LogP contribution in [0.5, 0.6) is 0 Å². The van der Waals surface area contributed by atoms with E-state index >= 15 is 0 Å². The van der Waals surface area contributed by atoms with Gasteiger partial charge in [0.15, 0.2) is 0 Å². The zero-order valence-electron chi connectivity index (χ0n) is 15.1. The van der Waals surface area contributed by atoms with E-state index < -0.39 is 23.6 Å². The van der Waals surface area contributed by atoms with Gasteiger partial charge in [-0.15, -0.1) is 0 Å². The van der Waals surface area contributed by atoms with Crippen molar-refractivity contribution >= 4 is 41.0 Å². The molecule has 1 amide bonds. The van der Waals surface area contributed by atoms with E-state index in [4.69, 9.17) is 16.3 Å². The number of halogens is 1. The van der Waals surface area contributed by atoms with Gasteiger partial charge in [-0.3, -0.25) is 5.32 Å². The molecule has 0 unspecified atom stereocenters. The molecule has 0 saturated carbocycles. The van der Waals surface area contributed by atoms with Crippen molar-refractivity contribution in [1.29, 1.82) is 0 Å². The summed E-state index contributed by atoms with van der Waals surface area (Å²) in [6, 6.07) is 4.52. The van der Waals surface area contributed by atoms with E-state index in [0.29, 0.717) is 11.4 Å². The molecule has 9 heteroatoms. The Morgan fingerprint density at radius 1 is 1.08 bits per heavy atom. The normalized spacial score (nSPS) is 11.4.